The van der Waals surface area contributed by atoms with Crippen molar-refractivity contribution in [1.29, 1.82) is 0 Å². The Bertz CT molecular complexity index is 446. The molecule has 1 heterocycles. The van der Waals surface area contributed by atoms with Crippen LogP contribution >= 0.6 is 27.5 Å². The van der Waals surface area contributed by atoms with Crippen LogP contribution in [-0.4, -0.2) is 17.8 Å². The Kier molecular flexibility index (Phi) is 3.68. The zero-order valence-electron chi connectivity index (χ0n) is 8.72. The molecule has 92 valence electrons. The van der Waals surface area contributed by atoms with Crippen molar-refractivity contribution in [2.24, 2.45) is 5.92 Å². The molecule has 1 saturated heterocycles. The average molecular weight is 325 g/mol. The summed E-state index contributed by atoms with van der Waals surface area (Å²) in [5.74, 6) is -1.62. The third-order valence-corrected chi connectivity index (χ3v) is 3.88. The van der Waals surface area contributed by atoms with Gasteiger partial charge in [-0.1, -0.05) is 27.5 Å². The zero-order chi connectivity index (χ0) is 12.6. The van der Waals surface area contributed by atoms with Crippen molar-refractivity contribution in [3.05, 3.63) is 28.8 Å². The SMILES string of the molecule is O=C1CC(CBr)CN1c1c(F)cc(F)cc1Cl. The highest BCUT2D eigenvalue weighted by atomic mass is 79.9. The fourth-order valence-electron chi connectivity index (χ4n) is 1.89. The van der Waals surface area contributed by atoms with Gasteiger partial charge in [-0.25, -0.2) is 8.78 Å². The van der Waals surface area contributed by atoms with E-state index in [1.165, 1.54) is 4.90 Å². The van der Waals surface area contributed by atoms with Crippen LogP contribution in [-0.2, 0) is 4.79 Å². The molecule has 0 N–H and O–H groups in total. The molecule has 2 nitrogen and oxygen atoms in total. The molecule has 17 heavy (non-hydrogen) atoms. The van der Waals surface area contributed by atoms with E-state index >= 15 is 0 Å². The number of halogens is 4. The Morgan fingerprint density at radius 1 is 1.47 bits per heavy atom. The Hall–Kier alpha value is -0.680. The molecule has 1 atom stereocenters. The summed E-state index contributed by atoms with van der Waals surface area (Å²) in [5.41, 5.74) is -0.0264. The lowest BCUT2D eigenvalue weighted by atomic mass is 10.2. The molecule has 2 rings (SSSR count). The topological polar surface area (TPSA) is 20.3 Å². The number of amides is 1. The van der Waals surface area contributed by atoms with Crippen LogP contribution < -0.4 is 4.90 Å². The Morgan fingerprint density at radius 3 is 2.71 bits per heavy atom. The lowest BCUT2D eigenvalue weighted by molar-refractivity contribution is -0.117. The van der Waals surface area contributed by atoms with Gasteiger partial charge >= 0.3 is 0 Å². The summed E-state index contributed by atoms with van der Waals surface area (Å²) in [6.07, 6.45) is 0.346. The van der Waals surface area contributed by atoms with Gasteiger partial charge in [0, 0.05) is 24.4 Å². The second-order valence-electron chi connectivity index (χ2n) is 3.95. The molecule has 1 amide bonds. The number of rotatable bonds is 2. The predicted octanol–water partition coefficient (Wildman–Crippen LogP) is 3.37. The molecular formula is C11H9BrClF2NO. The second kappa shape index (κ2) is 4.90. The van der Waals surface area contributed by atoms with E-state index in [0.717, 1.165) is 12.1 Å². The van der Waals surface area contributed by atoms with Crippen LogP contribution in [0.5, 0.6) is 0 Å². The van der Waals surface area contributed by atoms with Gasteiger partial charge in [-0.2, -0.15) is 0 Å². The van der Waals surface area contributed by atoms with Crippen molar-refractivity contribution >= 4 is 39.1 Å². The largest absolute Gasteiger partial charge is 0.308 e. The Morgan fingerprint density at radius 2 is 2.18 bits per heavy atom. The minimum atomic E-state index is -0.807. The first-order valence-electron chi connectivity index (χ1n) is 5.03. The van der Waals surface area contributed by atoms with Gasteiger partial charge in [0.15, 0.2) is 5.82 Å². The van der Waals surface area contributed by atoms with Crippen LogP contribution in [0, 0.1) is 17.6 Å². The summed E-state index contributed by atoms with van der Waals surface area (Å²) in [6, 6.07) is 1.74. The van der Waals surface area contributed by atoms with Crippen molar-refractivity contribution in [3.8, 4) is 0 Å². The maximum absolute atomic E-state index is 13.6. The fourth-order valence-corrected chi connectivity index (χ4v) is 2.62. The van der Waals surface area contributed by atoms with E-state index in [-0.39, 0.29) is 22.5 Å². The normalized spacial score (nSPS) is 20.1. The molecule has 0 radical (unpaired) electrons. The van der Waals surface area contributed by atoms with Crippen LogP contribution in [0.15, 0.2) is 12.1 Å². The molecule has 1 aromatic rings. The minimum Gasteiger partial charge on any atom is -0.308 e. The highest BCUT2D eigenvalue weighted by Crippen LogP contribution is 2.34. The van der Waals surface area contributed by atoms with Crippen LogP contribution in [0.1, 0.15) is 6.42 Å². The molecule has 0 saturated carbocycles. The summed E-state index contributed by atoms with van der Waals surface area (Å²) < 4.78 is 26.5. The number of hydrogen-bond donors (Lipinski definition) is 0. The van der Waals surface area contributed by atoms with Crippen LogP contribution in [0.2, 0.25) is 5.02 Å². The summed E-state index contributed by atoms with van der Waals surface area (Å²) >= 11 is 9.07. The number of nitrogens with zero attached hydrogens (tertiary/aromatic N) is 1. The predicted molar refractivity (Wildman–Crippen MR) is 65.6 cm³/mol. The van der Waals surface area contributed by atoms with E-state index in [1.807, 2.05) is 0 Å². The highest BCUT2D eigenvalue weighted by Gasteiger charge is 2.32. The molecule has 6 heteroatoms. The third kappa shape index (κ3) is 2.45. The van der Waals surface area contributed by atoms with Crippen LogP contribution in [0.25, 0.3) is 0 Å². The lowest BCUT2D eigenvalue weighted by Gasteiger charge is -2.18. The molecule has 0 aliphatic carbocycles. The first-order valence-corrected chi connectivity index (χ1v) is 6.53. The summed E-state index contributed by atoms with van der Waals surface area (Å²) in [6.45, 7) is 0.395. The van der Waals surface area contributed by atoms with Gasteiger partial charge in [-0.05, 0) is 12.0 Å². The summed E-state index contributed by atoms with van der Waals surface area (Å²) in [5, 5.41) is 0.585. The maximum Gasteiger partial charge on any atom is 0.227 e. The van der Waals surface area contributed by atoms with Crippen molar-refractivity contribution in [2.45, 2.75) is 6.42 Å². The lowest BCUT2D eigenvalue weighted by Crippen LogP contribution is -2.26. The standard InChI is InChI=1S/C11H9BrClF2NO/c12-4-6-1-10(17)16(5-6)11-8(13)2-7(14)3-9(11)15/h2-3,6H,1,4-5H2. The van der Waals surface area contributed by atoms with Gasteiger partial charge in [0.25, 0.3) is 0 Å². The number of anilines is 1. The van der Waals surface area contributed by atoms with E-state index < -0.39 is 11.6 Å². The molecule has 0 spiro atoms. The van der Waals surface area contributed by atoms with Gasteiger partial charge < -0.3 is 4.90 Å². The molecule has 1 unspecified atom stereocenters. The molecule has 0 aromatic heterocycles. The summed E-state index contributed by atoms with van der Waals surface area (Å²) in [4.78, 5) is 13.0. The molecule has 1 aliphatic heterocycles. The molecular weight excluding hydrogens is 315 g/mol. The Labute approximate surface area is 111 Å². The van der Waals surface area contributed by atoms with Crippen LogP contribution in [0.4, 0.5) is 14.5 Å². The van der Waals surface area contributed by atoms with E-state index in [1.54, 1.807) is 0 Å². The van der Waals surface area contributed by atoms with E-state index in [4.69, 9.17) is 11.6 Å². The smallest absolute Gasteiger partial charge is 0.227 e. The third-order valence-electron chi connectivity index (χ3n) is 2.67. The first-order chi connectivity index (χ1) is 8.02. The minimum absolute atomic E-state index is 0.0264. The van der Waals surface area contributed by atoms with Gasteiger partial charge in [0.05, 0.1) is 10.7 Å². The van der Waals surface area contributed by atoms with E-state index in [2.05, 4.69) is 15.9 Å². The molecule has 1 aliphatic rings. The number of benzene rings is 1. The van der Waals surface area contributed by atoms with Crippen LogP contribution in [0.3, 0.4) is 0 Å². The van der Waals surface area contributed by atoms with Crippen molar-refractivity contribution < 1.29 is 13.6 Å². The average Bonchev–Trinajstić information content (AvgIpc) is 2.59. The zero-order valence-corrected chi connectivity index (χ0v) is 11.1. The maximum atomic E-state index is 13.6. The van der Waals surface area contributed by atoms with Crippen molar-refractivity contribution in [1.82, 2.24) is 0 Å². The van der Waals surface area contributed by atoms with E-state index in [9.17, 15) is 13.6 Å². The van der Waals surface area contributed by atoms with Gasteiger partial charge in [0.1, 0.15) is 5.82 Å². The summed E-state index contributed by atoms with van der Waals surface area (Å²) in [7, 11) is 0. The van der Waals surface area contributed by atoms with E-state index in [0.29, 0.717) is 18.3 Å². The Balaban J connectivity index is 2.38. The highest BCUT2D eigenvalue weighted by molar-refractivity contribution is 9.09. The quantitative estimate of drug-likeness (QED) is 0.764. The molecule has 1 fully saturated rings. The fraction of sp³-hybridized carbons (Fsp3) is 0.364. The van der Waals surface area contributed by atoms with Gasteiger partial charge in [-0.3, -0.25) is 4.79 Å². The van der Waals surface area contributed by atoms with Crippen molar-refractivity contribution in [3.63, 3.8) is 0 Å². The number of alkyl halides is 1. The number of carbonyl (C=O) groups is 1. The number of carbonyl (C=O) groups excluding carboxylic acids is 1. The van der Waals surface area contributed by atoms with Gasteiger partial charge in [0.2, 0.25) is 5.91 Å². The number of hydrogen-bond acceptors (Lipinski definition) is 1. The molecule has 0 bridgehead atoms. The van der Waals surface area contributed by atoms with Crippen molar-refractivity contribution in [2.75, 3.05) is 16.8 Å². The molecule has 1 aromatic carbocycles. The monoisotopic (exact) mass is 323 g/mol. The first kappa shape index (κ1) is 12.8. The second-order valence-corrected chi connectivity index (χ2v) is 5.00. The van der Waals surface area contributed by atoms with Gasteiger partial charge in [-0.15, -0.1) is 0 Å².